The molecule has 0 saturated carbocycles. The molecule has 2 N–H and O–H groups in total. The zero-order valence-electron chi connectivity index (χ0n) is 11.8. The minimum absolute atomic E-state index is 0.0620. The maximum atomic E-state index is 12.5. The number of hydrogen-bond acceptors (Lipinski definition) is 3. The second-order valence-corrected chi connectivity index (χ2v) is 7.43. The zero-order chi connectivity index (χ0) is 14.5. The van der Waals surface area contributed by atoms with Gasteiger partial charge in [-0.3, -0.25) is 4.79 Å². The molecule has 1 unspecified atom stereocenters. The van der Waals surface area contributed by atoms with Gasteiger partial charge in [-0.15, -0.1) is 11.8 Å². The number of amides is 1. The SMILES string of the molecule is CC(Sc1ccc(N)cc1Br)C(=O)N1CCCCCC1. The van der Waals surface area contributed by atoms with Crippen LogP contribution in [0.4, 0.5) is 5.69 Å². The van der Waals surface area contributed by atoms with Gasteiger partial charge in [0, 0.05) is 28.1 Å². The number of likely N-dealkylation sites (tertiary alicyclic amines) is 1. The lowest BCUT2D eigenvalue weighted by Gasteiger charge is -2.24. The van der Waals surface area contributed by atoms with E-state index in [4.69, 9.17) is 5.73 Å². The van der Waals surface area contributed by atoms with E-state index in [-0.39, 0.29) is 11.2 Å². The summed E-state index contributed by atoms with van der Waals surface area (Å²) < 4.78 is 0.956. The maximum absolute atomic E-state index is 12.5. The van der Waals surface area contributed by atoms with Gasteiger partial charge in [0.1, 0.15) is 0 Å². The van der Waals surface area contributed by atoms with Gasteiger partial charge in [-0.2, -0.15) is 0 Å². The van der Waals surface area contributed by atoms with Crippen LogP contribution in [0.3, 0.4) is 0 Å². The number of carbonyl (C=O) groups excluding carboxylic acids is 1. The number of thioether (sulfide) groups is 1. The van der Waals surface area contributed by atoms with Gasteiger partial charge in [0.25, 0.3) is 0 Å². The summed E-state index contributed by atoms with van der Waals surface area (Å²) in [5, 5.41) is -0.0620. The van der Waals surface area contributed by atoms with Crippen molar-refractivity contribution in [3.8, 4) is 0 Å². The van der Waals surface area contributed by atoms with Crippen LogP contribution >= 0.6 is 27.7 Å². The van der Waals surface area contributed by atoms with E-state index in [1.807, 2.05) is 30.0 Å². The Balaban J connectivity index is 1.99. The standard InChI is InChI=1S/C15H21BrN2OS/c1-11(15(19)18-8-4-2-3-5-9-18)20-14-7-6-12(17)10-13(14)16/h6-7,10-11H,2-5,8-9,17H2,1H3. The van der Waals surface area contributed by atoms with Crippen LogP contribution in [0.1, 0.15) is 32.6 Å². The van der Waals surface area contributed by atoms with Gasteiger partial charge in [0.2, 0.25) is 5.91 Å². The Morgan fingerprint density at radius 2 is 1.95 bits per heavy atom. The van der Waals surface area contributed by atoms with Gasteiger partial charge in [0.15, 0.2) is 0 Å². The monoisotopic (exact) mass is 356 g/mol. The van der Waals surface area contributed by atoms with Crippen LogP contribution in [0.5, 0.6) is 0 Å². The Kier molecular flexibility index (Phi) is 5.78. The van der Waals surface area contributed by atoms with Crippen molar-refractivity contribution in [2.24, 2.45) is 0 Å². The smallest absolute Gasteiger partial charge is 0.235 e. The highest BCUT2D eigenvalue weighted by Gasteiger charge is 2.22. The minimum atomic E-state index is -0.0620. The molecule has 0 spiro atoms. The van der Waals surface area contributed by atoms with Crippen molar-refractivity contribution in [3.05, 3.63) is 22.7 Å². The zero-order valence-corrected chi connectivity index (χ0v) is 14.2. The Bertz CT molecular complexity index is 473. The average Bonchev–Trinajstić information content (AvgIpc) is 2.70. The molecular weight excluding hydrogens is 336 g/mol. The van der Waals surface area contributed by atoms with Crippen LogP contribution in [0.25, 0.3) is 0 Å². The molecular formula is C15H21BrN2OS. The van der Waals surface area contributed by atoms with Gasteiger partial charge in [-0.05, 0) is 53.9 Å². The molecule has 1 aliphatic rings. The first kappa shape index (κ1) is 15.7. The Morgan fingerprint density at radius 3 is 2.55 bits per heavy atom. The van der Waals surface area contributed by atoms with Crippen LogP contribution in [0.15, 0.2) is 27.6 Å². The second-order valence-electron chi connectivity index (χ2n) is 5.19. The van der Waals surface area contributed by atoms with E-state index < -0.39 is 0 Å². The van der Waals surface area contributed by atoms with Gasteiger partial charge in [-0.1, -0.05) is 12.8 Å². The number of nitrogens with two attached hydrogens (primary N) is 1. The van der Waals surface area contributed by atoms with Crippen molar-refractivity contribution in [3.63, 3.8) is 0 Å². The average molecular weight is 357 g/mol. The van der Waals surface area contributed by atoms with Crippen molar-refractivity contribution in [1.29, 1.82) is 0 Å². The first-order valence-electron chi connectivity index (χ1n) is 7.08. The molecule has 5 heteroatoms. The van der Waals surface area contributed by atoms with Gasteiger partial charge in [-0.25, -0.2) is 0 Å². The lowest BCUT2D eigenvalue weighted by molar-refractivity contribution is -0.130. The molecule has 1 fully saturated rings. The topological polar surface area (TPSA) is 46.3 Å². The molecule has 1 atom stereocenters. The number of anilines is 1. The molecule has 1 saturated heterocycles. The number of carbonyl (C=O) groups is 1. The van der Waals surface area contributed by atoms with Gasteiger partial charge in [0.05, 0.1) is 5.25 Å². The third kappa shape index (κ3) is 4.16. The molecule has 2 rings (SSSR count). The Hall–Kier alpha value is -0.680. The van der Waals surface area contributed by atoms with Crippen molar-refractivity contribution >= 4 is 39.3 Å². The second kappa shape index (κ2) is 7.36. The summed E-state index contributed by atoms with van der Waals surface area (Å²) in [5.74, 6) is 0.251. The van der Waals surface area contributed by atoms with Gasteiger partial charge >= 0.3 is 0 Å². The first-order valence-corrected chi connectivity index (χ1v) is 8.75. The number of nitrogen functional groups attached to an aromatic ring is 1. The third-order valence-corrected chi connectivity index (χ3v) is 5.61. The van der Waals surface area contributed by atoms with E-state index in [9.17, 15) is 4.79 Å². The van der Waals surface area contributed by atoms with E-state index in [0.29, 0.717) is 0 Å². The van der Waals surface area contributed by atoms with Crippen molar-refractivity contribution in [1.82, 2.24) is 4.90 Å². The minimum Gasteiger partial charge on any atom is -0.399 e. The molecule has 1 heterocycles. The first-order chi connectivity index (χ1) is 9.58. The largest absolute Gasteiger partial charge is 0.399 e. The number of hydrogen-bond donors (Lipinski definition) is 1. The normalized spacial score (nSPS) is 17.6. The number of nitrogens with zero attached hydrogens (tertiary/aromatic N) is 1. The molecule has 0 aliphatic carbocycles. The summed E-state index contributed by atoms with van der Waals surface area (Å²) in [7, 11) is 0. The molecule has 1 aliphatic heterocycles. The third-order valence-electron chi connectivity index (χ3n) is 3.53. The van der Waals surface area contributed by atoms with Crippen LogP contribution in [-0.4, -0.2) is 29.1 Å². The highest BCUT2D eigenvalue weighted by molar-refractivity contribution is 9.10. The van der Waals surface area contributed by atoms with Crippen LogP contribution < -0.4 is 5.73 Å². The van der Waals surface area contributed by atoms with Crippen LogP contribution in [0.2, 0.25) is 0 Å². The molecule has 3 nitrogen and oxygen atoms in total. The Labute approximate surface area is 133 Å². The van der Waals surface area contributed by atoms with E-state index in [0.717, 1.165) is 41.0 Å². The van der Waals surface area contributed by atoms with Crippen LogP contribution in [-0.2, 0) is 4.79 Å². The molecule has 1 aromatic carbocycles. The fourth-order valence-electron chi connectivity index (χ4n) is 2.40. The quantitative estimate of drug-likeness (QED) is 0.659. The van der Waals surface area contributed by atoms with Crippen LogP contribution in [0, 0.1) is 0 Å². The highest BCUT2D eigenvalue weighted by Crippen LogP contribution is 2.32. The summed E-state index contributed by atoms with van der Waals surface area (Å²) in [6.07, 6.45) is 4.76. The molecule has 1 aromatic rings. The lowest BCUT2D eigenvalue weighted by atomic mass is 10.2. The summed E-state index contributed by atoms with van der Waals surface area (Å²) >= 11 is 5.10. The summed E-state index contributed by atoms with van der Waals surface area (Å²) in [5.41, 5.74) is 6.47. The Morgan fingerprint density at radius 1 is 1.30 bits per heavy atom. The number of rotatable bonds is 3. The van der Waals surface area contributed by atoms with Gasteiger partial charge < -0.3 is 10.6 Å². The maximum Gasteiger partial charge on any atom is 0.235 e. The molecule has 110 valence electrons. The van der Waals surface area contributed by atoms with Crippen molar-refractivity contribution < 1.29 is 4.79 Å². The summed E-state index contributed by atoms with van der Waals surface area (Å²) in [4.78, 5) is 15.6. The molecule has 1 amide bonds. The molecule has 0 radical (unpaired) electrons. The van der Waals surface area contributed by atoms with E-state index in [1.54, 1.807) is 11.8 Å². The number of halogens is 1. The van der Waals surface area contributed by atoms with E-state index in [1.165, 1.54) is 12.8 Å². The highest BCUT2D eigenvalue weighted by atomic mass is 79.9. The van der Waals surface area contributed by atoms with Crippen molar-refractivity contribution in [2.75, 3.05) is 18.8 Å². The fraction of sp³-hybridized carbons (Fsp3) is 0.533. The molecule has 20 heavy (non-hydrogen) atoms. The summed E-state index contributed by atoms with van der Waals surface area (Å²) in [6.45, 7) is 3.81. The van der Waals surface area contributed by atoms with E-state index in [2.05, 4.69) is 15.9 Å². The predicted molar refractivity (Wildman–Crippen MR) is 88.9 cm³/mol. The molecule has 0 aromatic heterocycles. The predicted octanol–water partition coefficient (Wildman–Crippen LogP) is 3.91. The number of benzene rings is 1. The fourth-order valence-corrected chi connectivity index (χ4v) is 4.03. The van der Waals surface area contributed by atoms with E-state index >= 15 is 0 Å². The summed E-state index contributed by atoms with van der Waals surface area (Å²) in [6, 6.07) is 5.72. The molecule has 0 bridgehead atoms. The lowest BCUT2D eigenvalue weighted by Crippen LogP contribution is -2.37. The van der Waals surface area contributed by atoms with Crippen molar-refractivity contribution in [2.45, 2.75) is 42.8 Å².